The van der Waals surface area contributed by atoms with Crippen molar-refractivity contribution < 1.29 is 0 Å². The van der Waals surface area contributed by atoms with Gasteiger partial charge in [0.05, 0.1) is 10.7 Å². The molecule has 0 fully saturated rings. The summed E-state index contributed by atoms with van der Waals surface area (Å²) in [5.41, 5.74) is 3.29. The molecule has 1 nitrogen and oxygen atoms in total. The number of benzene rings is 1. The van der Waals surface area contributed by atoms with Crippen molar-refractivity contribution in [3.05, 3.63) is 40.9 Å². The lowest BCUT2D eigenvalue weighted by molar-refractivity contribution is 1.00. The molecule has 0 bridgehead atoms. The molecule has 1 aromatic rings. The summed E-state index contributed by atoms with van der Waals surface area (Å²) in [6.45, 7) is 8.77. The number of anilines is 1. The summed E-state index contributed by atoms with van der Waals surface area (Å²) in [5.74, 6) is 0. The minimum Gasteiger partial charge on any atom is -0.384 e. The fourth-order valence-electron chi connectivity index (χ4n) is 1.19. The predicted molar refractivity (Wildman–Crippen MR) is 64.1 cm³/mol. The van der Waals surface area contributed by atoms with Gasteiger partial charge in [0.15, 0.2) is 0 Å². The standard InChI is InChI=1S/C12H16ClN/c1-9(2)7-8-14-11-6-4-5-10(3)12(11)13/h4-6,14H,1,7-8H2,2-3H3. The summed E-state index contributed by atoms with van der Waals surface area (Å²) in [5, 5.41) is 4.11. The molecule has 0 atom stereocenters. The molecule has 76 valence electrons. The first-order valence-corrected chi connectivity index (χ1v) is 5.12. The van der Waals surface area contributed by atoms with Gasteiger partial charge in [-0.15, -0.1) is 6.58 Å². The van der Waals surface area contributed by atoms with Gasteiger partial charge in [-0.2, -0.15) is 0 Å². The second-order valence-corrected chi connectivity index (χ2v) is 3.95. The lowest BCUT2D eigenvalue weighted by Gasteiger charge is -2.09. The zero-order valence-corrected chi connectivity index (χ0v) is 9.49. The summed E-state index contributed by atoms with van der Waals surface area (Å²) in [7, 11) is 0. The maximum Gasteiger partial charge on any atom is 0.0666 e. The Morgan fingerprint density at radius 3 is 2.86 bits per heavy atom. The number of nitrogens with one attached hydrogen (secondary N) is 1. The highest BCUT2D eigenvalue weighted by atomic mass is 35.5. The minimum absolute atomic E-state index is 0.814. The zero-order chi connectivity index (χ0) is 10.6. The van der Waals surface area contributed by atoms with Crippen LogP contribution in [0.4, 0.5) is 5.69 Å². The van der Waals surface area contributed by atoms with Crippen LogP contribution in [-0.4, -0.2) is 6.54 Å². The van der Waals surface area contributed by atoms with Crippen LogP contribution in [0.25, 0.3) is 0 Å². The molecule has 0 spiro atoms. The van der Waals surface area contributed by atoms with E-state index in [-0.39, 0.29) is 0 Å². The summed E-state index contributed by atoms with van der Waals surface area (Å²) >= 11 is 6.12. The highest BCUT2D eigenvalue weighted by Crippen LogP contribution is 2.24. The molecule has 2 heteroatoms. The van der Waals surface area contributed by atoms with Gasteiger partial charge in [0.25, 0.3) is 0 Å². The van der Waals surface area contributed by atoms with Crippen molar-refractivity contribution in [3.63, 3.8) is 0 Å². The number of hydrogen-bond donors (Lipinski definition) is 1. The van der Waals surface area contributed by atoms with E-state index in [1.807, 2.05) is 32.0 Å². The van der Waals surface area contributed by atoms with E-state index in [9.17, 15) is 0 Å². The molecule has 0 heterocycles. The van der Waals surface area contributed by atoms with Gasteiger partial charge in [0, 0.05) is 6.54 Å². The number of hydrogen-bond acceptors (Lipinski definition) is 1. The van der Waals surface area contributed by atoms with E-state index in [2.05, 4.69) is 11.9 Å². The molecule has 0 aliphatic carbocycles. The summed E-state index contributed by atoms with van der Waals surface area (Å²) in [4.78, 5) is 0. The zero-order valence-electron chi connectivity index (χ0n) is 8.73. The van der Waals surface area contributed by atoms with E-state index in [0.29, 0.717) is 0 Å². The van der Waals surface area contributed by atoms with Crippen LogP contribution in [-0.2, 0) is 0 Å². The van der Waals surface area contributed by atoms with Gasteiger partial charge < -0.3 is 5.32 Å². The van der Waals surface area contributed by atoms with E-state index in [4.69, 9.17) is 11.6 Å². The molecule has 0 saturated carbocycles. The second kappa shape index (κ2) is 5.06. The normalized spacial score (nSPS) is 9.93. The van der Waals surface area contributed by atoms with Crippen molar-refractivity contribution in [1.82, 2.24) is 0 Å². The Hall–Kier alpha value is -0.950. The molecule has 1 rings (SSSR count). The van der Waals surface area contributed by atoms with Crippen molar-refractivity contribution in [2.24, 2.45) is 0 Å². The molecule has 0 aliphatic heterocycles. The summed E-state index contributed by atoms with van der Waals surface area (Å²) < 4.78 is 0. The lowest BCUT2D eigenvalue weighted by Crippen LogP contribution is -2.02. The number of halogens is 1. The SMILES string of the molecule is C=C(C)CCNc1cccc(C)c1Cl. The first-order valence-electron chi connectivity index (χ1n) is 4.74. The van der Waals surface area contributed by atoms with Crippen molar-refractivity contribution in [3.8, 4) is 0 Å². The van der Waals surface area contributed by atoms with Crippen LogP contribution in [0.2, 0.25) is 5.02 Å². The van der Waals surface area contributed by atoms with E-state index in [0.717, 1.165) is 29.2 Å². The summed E-state index contributed by atoms with van der Waals surface area (Å²) in [6.07, 6.45) is 0.976. The first kappa shape index (κ1) is 11.1. The third kappa shape index (κ3) is 3.08. The first-order chi connectivity index (χ1) is 6.61. The van der Waals surface area contributed by atoms with E-state index >= 15 is 0 Å². The van der Waals surface area contributed by atoms with Gasteiger partial charge in [-0.05, 0) is 31.9 Å². The van der Waals surface area contributed by atoms with Gasteiger partial charge in [-0.3, -0.25) is 0 Å². The van der Waals surface area contributed by atoms with Crippen LogP contribution < -0.4 is 5.32 Å². The molecule has 1 N–H and O–H groups in total. The predicted octanol–water partition coefficient (Wildman–Crippen LogP) is 4.03. The maximum atomic E-state index is 6.12. The van der Waals surface area contributed by atoms with E-state index in [1.165, 1.54) is 5.57 Å². The molecule has 0 amide bonds. The van der Waals surface area contributed by atoms with E-state index in [1.54, 1.807) is 0 Å². The Morgan fingerprint density at radius 1 is 1.50 bits per heavy atom. The maximum absolute atomic E-state index is 6.12. The van der Waals surface area contributed by atoms with Crippen molar-refractivity contribution in [2.75, 3.05) is 11.9 Å². The molecular weight excluding hydrogens is 194 g/mol. The third-order valence-corrected chi connectivity index (χ3v) is 2.56. The Kier molecular flexibility index (Phi) is 4.02. The minimum atomic E-state index is 0.814. The number of rotatable bonds is 4. The molecule has 0 unspecified atom stereocenters. The van der Waals surface area contributed by atoms with Crippen molar-refractivity contribution in [2.45, 2.75) is 20.3 Å². The van der Waals surface area contributed by atoms with Crippen LogP contribution in [0.1, 0.15) is 18.9 Å². The Balaban J connectivity index is 2.59. The lowest BCUT2D eigenvalue weighted by atomic mass is 10.2. The molecule has 0 aromatic heterocycles. The average molecular weight is 210 g/mol. The van der Waals surface area contributed by atoms with Gasteiger partial charge >= 0.3 is 0 Å². The van der Waals surface area contributed by atoms with Crippen LogP contribution in [0.3, 0.4) is 0 Å². The molecular formula is C12H16ClN. The third-order valence-electron chi connectivity index (χ3n) is 2.06. The van der Waals surface area contributed by atoms with Crippen LogP contribution in [0, 0.1) is 6.92 Å². The van der Waals surface area contributed by atoms with Crippen molar-refractivity contribution >= 4 is 17.3 Å². The van der Waals surface area contributed by atoms with E-state index < -0.39 is 0 Å². The monoisotopic (exact) mass is 209 g/mol. The Bertz CT molecular complexity index is 331. The smallest absolute Gasteiger partial charge is 0.0666 e. The number of aryl methyl sites for hydroxylation is 1. The average Bonchev–Trinajstić information content (AvgIpc) is 2.12. The Morgan fingerprint density at radius 2 is 2.21 bits per heavy atom. The van der Waals surface area contributed by atoms with Gasteiger partial charge in [0.2, 0.25) is 0 Å². The van der Waals surface area contributed by atoms with Gasteiger partial charge in [0.1, 0.15) is 0 Å². The molecule has 1 aromatic carbocycles. The van der Waals surface area contributed by atoms with Crippen LogP contribution in [0.15, 0.2) is 30.4 Å². The van der Waals surface area contributed by atoms with Gasteiger partial charge in [-0.1, -0.05) is 29.3 Å². The molecule has 0 saturated heterocycles. The topological polar surface area (TPSA) is 12.0 Å². The fraction of sp³-hybridized carbons (Fsp3) is 0.333. The quantitative estimate of drug-likeness (QED) is 0.739. The fourth-order valence-corrected chi connectivity index (χ4v) is 1.39. The Labute approximate surface area is 90.8 Å². The van der Waals surface area contributed by atoms with Crippen LogP contribution in [0.5, 0.6) is 0 Å². The largest absolute Gasteiger partial charge is 0.384 e. The van der Waals surface area contributed by atoms with Gasteiger partial charge in [-0.25, -0.2) is 0 Å². The highest BCUT2D eigenvalue weighted by Gasteiger charge is 2.00. The summed E-state index contributed by atoms with van der Waals surface area (Å²) in [6, 6.07) is 6.00. The van der Waals surface area contributed by atoms with Crippen molar-refractivity contribution in [1.29, 1.82) is 0 Å². The molecule has 0 aliphatic rings. The molecule has 0 radical (unpaired) electrons. The second-order valence-electron chi connectivity index (χ2n) is 3.57. The molecule has 14 heavy (non-hydrogen) atoms. The van der Waals surface area contributed by atoms with Crippen LogP contribution >= 0.6 is 11.6 Å². The highest BCUT2D eigenvalue weighted by molar-refractivity contribution is 6.33.